The van der Waals surface area contributed by atoms with Gasteiger partial charge in [0.05, 0.1) is 22.1 Å². The normalized spacial score (nSPS) is 13.7. The van der Waals surface area contributed by atoms with E-state index in [-0.39, 0.29) is 6.17 Å². The maximum absolute atomic E-state index is 6.63. The molecule has 6 nitrogen and oxygen atoms in total. The molecule has 352 valence electrons. The van der Waals surface area contributed by atoms with Crippen molar-refractivity contribution in [1.82, 2.24) is 14.5 Å². The smallest absolute Gasteiger partial charge is 0.159 e. The summed E-state index contributed by atoms with van der Waals surface area (Å²) >= 11 is 0. The lowest BCUT2D eigenvalue weighted by Gasteiger charge is -2.24. The Balaban J connectivity index is 0.843. The van der Waals surface area contributed by atoms with E-state index in [9.17, 15) is 0 Å². The third-order valence-corrected chi connectivity index (χ3v) is 15.0. The quantitative estimate of drug-likeness (QED) is 0.165. The number of para-hydroxylation sites is 3. The van der Waals surface area contributed by atoms with Gasteiger partial charge in [-0.25, -0.2) is 9.98 Å². The summed E-state index contributed by atoms with van der Waals surface area (Å²) in [5.74, 6) is 1.47. The van der Waals surface area contributed by atoms with Crippen molar-refractivity contribution in [3.63, 3.8) is 0 Å². The third-order valence-electron chi connectivity index (χ3n) is 15.0. The van der Waals surface area contributed by atoms with Gasteiger partial charge in [0, 0.05) is 54.8 Å². The largest absolute Gasteiger partial charge is 0.456 e. The van der Waals surface area contributed by atoms with Crippen LogP contribution in [0.4, 0.5) is 0 Å². The van der Waals surface area contributed by atoms with E-state index in [0.717, 1.165) is 89.1 Å². The highest BCUT2D eigenvalue weighted by Gasteiger charge is 2.23. The number of aliphatic imine (C=N–C) groups is 2. The predicted octanol–water partition coefficient (Wildman–Crippen LogP) is 17.3. The van der Waals surface area contributed by atoms with Crippen LogP contribution in [0.5, 0.6) is 0 Å². The van der Waals surface area contributed by atoms with Crippen LogP contribution >= 0.6 is 0 Å². The van der Waals surface area contributed by atoms with Crippen LogP contribution in [0.1, 0.15) is 22.9 Å². The zero-order valence-electron chi connectivity index (χ0n) is 40.6. The molecular weight excluding hydrogens is 915 g/mol. The second-order valence-electron chi connectivity index (χ2n) is 19.4. The highest BCUT2D eigenvalue weighted by molar-refractivity contribution is 6.17. The molecule has 1 aliphatic rings. The van der Waals surface area contributed by atoms with Gasteiger partial charge in [0.1, 0.15) is 23.2 Å². The fourth-order valence-corrected chi connectivity index (χ4v) is 11.4. The molecule has 0 bridgehead atoms. The van der Waals surface area contributed by atoms with Crippen LogP contribution in [-0.4, -0.2) is 20.8 Å². The number of rotatable bonds is 8. The van der Waals surface area contributed by atoms with Gasteiger partial charge in [-0.3, -0.25) is 0 Å². The Morgan fingerprint density at radius 2 is 0.840 bits per heavy atom. The molecule has 0 amide bonds. The molecule has 1 N–H and O–H groups in total. The van der Waals surface area contributed by atoms with E-state index in [1.165, 1.54) is 43.7 Å². The van der Waals surface area contributed by atoms with Crippen LogP contribution in [0, 0.1) is 0 Å². The summed E-state index contributed by atoms with van der Waals surface area (Å²) in [7, 11) is 0. The van der Waals surface area contributed by atoms with Crippen molar-refractivity contribution < 1.29 is 4.42 Å². The average Bonchev–Trinajstić information content (AvgIpc) is 4.15. The maximum Gasteiger partial charge on any atom is 0.159 e. The van der Waals surface area contributed by atoms with E-state index < -0.39 is 0 Å². The van der Waals surface area contributed by atoms with Crippen LogP contribution in [-0.2, 0) is 0 Å². The zero-order valence-corrected chi connectivity index (χ0v) is 40.6. The molecule has 1 unspecified atom stereocenters. The lowest BCUT2D eigenvalue weighted by atomic mass is 9.95. The molecule has 0 saturated heterocycles. The lowest BCUT2D eigenvalue weighted by Crippen LogP contribution is -2.33. The van der Waals surface area contributed by atoms with E-state index in [0.29, 0.717) is 5.84 Å². The summed E-state index contributed by atoms with van der Waals surface area (Å²) in [5.41, 5.74) is 18.5. The second-order valence-corrected chi connectivity index (χ2v) is 19.4. The molecule has 75 heavy (non-hydrogen) atoms. The molecule has 11 aromatic carbocycles. The number of nitrogens with one attached hydrogen (secondary N) is 1. The van der Waals surface area contributed by atoms with Gasteiger partial charge in [-0.1, -0.05) is 170 Å². The molecule has 0 spiro atoms. The van der Waals surface area contributed by atoms with Crippen LogP contribution in [0.2, 0.25) is 0 Å². The number of aromatic nitrogens is 2. The van der Waals surface area contributed by atoms with E-state index in [2.05, 4.69) is 251 Å². The fraction of sp³-hybridized carbons (Fsp3) is 0.0145. The highest BCUT2D eigenvalue weighted by atomic mass is 16.3. The van der Waals surface area contributed by atoms with Crippen molar-refractivity contribution in [3.8, 4) is 44.8 Å². The summed E-state index contributed by atoms with van der Waals surface area (Å²) in [6, 6.07) is 93.1. The average molecular weight is 960 g/mol. The molecule has 1 atom stereocenters. The first-order chi connectivity index (χ1) is 37.2. The third kappa shape index (κ3) is 7.18. The Morgan fingerprint density at radius 3 is 1.48 bits per heavy atom. The molecule has 0 aliphatic carbocycles. The molecule has 6 heteroatoms. The van der Waals surface area contributed by atoms with Gasteiger partial charge in [0.25, 0.3) is 0 Å². The first kappa shape index (κ1) is 42.6. The SMILES string of the molecule is c1ccc(C2=NC(c3ccccc3)NC(c3cccc(-c4cccc5oc6ccc(-c7ccc8c(c7)c7cc(-c9ccc%10c(c9)c9ccccc9n%10-c9ccccc9)ccc7n8-c7ccccc7)cc6c45)c3)=N2)cc1. The molecule has 15 rings (SSSR count). The minimum absolute atomic E-state index is 0.288. The van der Waals surface area contributed by atoms with Crippen molar-refractivity contribution in [1.29, 1.82) is 0 Å². The van der Waals surface area contributed by atoms with Gasteiger partial charge in [0.2, 0.25) is 0 Å². The highest BCUT2D eigenvalue weighted by Crippen LogP contribution is 2.42. The lowest BCUT2D eigenvalue weighted by molar-refractivity contribution is 0.669. The van der Waals surface area contributed by atoms with E-state index in [4.69, 9.17) is 14.4 Å². The molecule has 0 fully saturated rings. The van der Waals surface area contributed by atoms with E-state index >= 15 is 0 Å². The Labute approximate surface area is 432 Å². The standard InChI is InChI=1S/C69H45N5O/c1-5-17-44(18-6-1)67-70-68(45-19-7-2-8-20-45)72-69(71-67)51-22-15-21-50(39-51)54-28-16-30-65-66(54)59-43-49(34-38-64(59)75-65)48-33-37-63-58(42-48)57-41-47(32-36-62(57)74(63)53-25-11-4-12-26-53)46-31-35-61-56(40-46)55-27-13-14-29-60(55)73(61)52-23-9-3-10-24-52/h1-43,67H,(H,70,71,72). The molecule has 4 heterocycles. The Hall–Kier alpha value is -10.0. The number of fused-ring (bicyclic) bond motifs is 9. The summed E-state index contributed by atoms with van der Waals surface area (Å²) in [6.07, 6.45) is -0.288. The molecule has 0 saturated carbocycles. The van der Waals surface area contributed by atoms with Crippen molar-refractivity contribution in [2.24, 2.45) is 9.98 Å². The Kier molecular flexibility index (Phi) is 9.85. The first-order valence-electron chi connectivity index (χ1n) is 25.5. The Morgan fingerprint density at radius 1 is 0.347 bits per heavy atom. The van der Waals surface area contributed by atoms with E-state index in [1.54, 1.807) is 0 Å². The fourth-order valence-electron chi connectivity index (χ4n) is 11.4. The molecule has 14 aromatic rings. The van der Waals surface area contributed by atoms with Crippen LogP contribution in [0.15, 0.2) is 275 Å². The Bertz CT molecular complexity index is 4600. The predicted molar refractivity (Wildman–Crippen MR) is 311 cm³/mol. The van der Waals surface area contributed by atoms with E-state index in [1.807, 2.05) is 24.3 Å². The summed E-state index contributed by atoms with van der Waals surface area (Å²) in [4.78, 5) is 10.2. The number of amidine groups is 2. The van der Waals surface area contributed by atoms with Gasteiger partial charge < -0.3 is 18.9 Å². The summed E-state index contributed by atoms with van der Waals surface area (Å²) in [6.45, 7) is 0. The van der Waals surface area contributed by atoms with Crippen LogP contribution < -0.4 is 5.32 Å². The monoisotopic (exact) mass is 959 g/mol. The summed E-state index contributed by atoms with van der Waals surface area (Å²) < 4.78 is 11.4. The molecule has 0 radical (unpaired) electrons. The van der Waals surface area contributed by atoms with Gasteiger partial charge in [-0.15, -0.1) is 0 Å². The number of nitrogens with zero attached hydrogens (tertiary/aromatic N) is 4. The van der Waals surface area contributed by atoms with Gasteiger partial charge in [-0.2, -0.15) is 0 Å². The first-order valence-corrected chi connectivity index (χ1v) is 25.5. The van der Waals surface area contributed by atoms with Gasteiger partial charge in [0.15, 0.2) is 5.84 Å². The van der Waals surface area contributed by atoms with Crippen LogP contribution in [0.3, 0.4) is 0 Å². The summed E-state index contributed by atoms with van der Waals surface area (Å²) in [5, 5.41) is 10.7. The van der Waals surface area contributed by atoms with Crippen molar-refractivity contribution in [2.75, 3.05) is 0 Å². The number of hydrogen-bond donors (Lipinski definition) is 1. The maximum atomic E-state index is 6.63. The zero-order chi connectivity index (χ0) is 49.4. The van der Waals surface area contributed by atoms with Crippen LogP contribution in [0.25, 0.3) is 110 Å². The molecular formula is C69H45N5O. The molecule has 1 aliphatic heterocycles. The number of furan rings is 1. The van der Waals surface area contributed by atoms with Gasteiger partial charge >= 0.3 is 0 Å². The minimum Gasteiger partial charge on any atom is -0.456 e. The van der Waals surface area contributed by atoms with Crippen molar-refractivity contribution in [3.05, 3.63) is 278 Å². The second kappa shape index (κ2) is 17.3. The minimum atomic E-state index is -0.288. The molecule has 3 aromatic heterocycles. The topological polar surface area (TPSA) is 59.8 Å². The number of benzene rings is 11. The number of hydrogen-bond acceptors (Lipinski definition) is 4. The van der Waals surface area contributed by atoms with Gasteiger partial charge in [-0.05, 0) is 130 Å². The van der Waals surface area contributed by atoms with Crippen molar-refractivity contribution >= 4 is 77.2 Å². The van der Waals surface area contributed by atoms with Crippen molar-refractivity contribution in [2.45, 2.75) is 6.17 Å².